The summed E-state index contributed by atoms with van der Waals surface area (Å²) in [7, 11) is 0. The monoisotopic (exact) mass is 344 g/mol. The fraction of sp³-hybridized carbons (Fsp3) is 0.421. The van der Waals surface area contributed by atoms with E-state index >= 15 is 0 Å². The van der Waals surface area contributed by atoms with Gasteiger partial charge in [-0.3, -0.25) is 9.48 Å². The van der Waals surface area contributed by atoms with Gasteiger partial charge < -0.3 is 9.47 Å². The topological polar surface area (TPSA) is 70.4 Å². The van der Waals surface area contributed by atoms with Crippen molar-refractivity contribution in [3.8, 4) is 5.75 Å². The van der Waals surface area contributed by atoms with Gasteiger partial charge in [-0.15, -0.1) is 0 Å². The molecule has 0 bridgehead atoms. The van der Waals surface area contributed by atoms with E-state index in [9.17, 15) is 9.59 Å². The highest BCUT2D eigenvalue weighted by atomic mass is 16.5. The Balaban J connectivity index is 1.92. The molecule has 134 valence electrons. The molecule has 2 aromatic rings. The molecule has 6 heteroatoms. The Bertz CT molecular complexity index is 727. The Morgan fingerprint density at radius 3 is 2.44 bits per heavy atom. The van der Waals surface area contributed by atoms with Crippen LogP contribution >= 0.6 is 0 Å². The number of Topliss-reactive ketones (excluding diaryl/α,β-unsaturated/α-hetero) is 1. The van der Waals surface area contributed by atoms with E-state index in [0.717, 1.165) is 5.56 Å². The van der Waals surface area contributed by atoms with E-state index in [1.165, 1.54) is 6.20 Å². The Morgan fingerprint density at radius 2 is 1.84 bits per heavy atom. The van der Waals surface area contributed by atoms with Crippen LogP contribution < -0.4 is 4.74 Å². The first-order valence-corrected chi connectivity index (χ1v) is 8.24. The van der Waals surface area contributed by atoms with Gasteiger partial charge in [0.1, 0.15) is 12.4 Å². The third-order valence-corrected chi connectivity index (χ3v) is 3.62. The van der Waals surface area contributed by atoms with Gasteiger partial charge in [0.2, 0.25) is 0 Å². The predicted octanol–water partition coefficient (Wildman–Crippen LogP) is 3.10. The quantitative estimate of drug-likeness (QED) is 0.722. The van der Waals surface area contributed by atoms with Gasteiger partial charge in [-0.1, -0.05) is 32.9 Å². The zero-order valence-corrected chi connectivity index (χ0v) is 15.1. The van der Waals surface area contributed by atoms with Gasteiger partial charge >= 0.3 is 5.97 Å². The fourth-order valence-corrected chi connectivity index (χ4v) is 2.01. The highest BCUT2D eigenvalue weighted by Crippen LogP contribution is 2.17. The maximum Gasteiger partial charge on any atom is 0.341 e. The lowest BCUT2D eigenvalue weighted by molar-refractivity contribution is -0.128. The normalized spacial score (nSPS) is 11.2. The Morgan fingerprint density at radius 1 is 1.16 bits per heavy atom. The summed E-state index contributed by atoms with van der Waals surface area (Å²) in [6.07, 6.45) is 3.15. The summed E-state index contributed by atoms with van der Waals surface area (Å²) in [5.74, 6) is 0.328. The summed E-state index contributed by atoms with van der Waals surface area (Å²) in [4.78, 5) is 23.5. The summed E-state index contributed by atoms with van der Waals surface area (Å²) in [5, 5.41) is 4.16. The second kappa shape index (κ2) is 7.96. The smallest absolute Gasteiger partial charge is 0.341 e. The number of hydrogen-bond donors (Lipinski definition) is 0. The number of aromatic nitrogens is 2. The van der Waals surface area contributed by atoms with Gasteiger partial charge in [0, 0.05) is 11.6 Å². The molecule has 1 heterocycles. The van der Waals surface area contributed by atoms with Crippen LogP contribution in [-0.2, 0) is 16.1 Å². The predicted molar refractivity (Wildman–Crippen MR) is 93.7 cm³/mol. The standard InChI is InChI=1S/C19H24N2O4/c1-5-24-18(23)15-10-20-21(12-15)11-14-6-8-16(9-7-14)25-13-17(22)19(2,3)4/h6-10,12H,5,11,13H2,1-4H3. The third-order valence-electron chi connectivity index (χ3n) is 3.62. The Labute approximate surface area is 147 Å². The molecular weight excluding hydrogens is 320 g/mol. The van der Waals surface area contributed by atoms with Gasteiger partial charge in [0.15, 0.2) is 5.78 Å². The van der Waals surface area contributed by atoms with Crippen LogP contribution in [0.5, 0.6) is 5.75 Å². The average molecular weight is 344 g/mol. The lowest BCUT2D eigenvalue weighted by Gasteiger charge is -2.16. The molecule has 0 radical (unpaired) electrons. The maximum atomic E-state index is 11.9. The van der Waals surface area contributed by atoms with Crippen LogP contribution in [0.1, 0.15) is 43.6 Å². The molecule has 1 aromatic heterocycles. The number of carbonyl (C=O) groups is 2. The zero-order chi connectivity index (χ0) is 18.4. The van der Waals surface area contributed by atoms with Crippen molar-refractivity contribution >= 4 is 11.8 Å². The minimum atomic E-state index is -0.406. The number of carbonyl (C=O) groups excluding carboxylic acids is 2. The minimum absolute atomic E-state index is 0.0552. The van der Waals surface area contributed by atoms with Crippen molar-refractivity contribution in [1.82, 2.24) is 9.78 Å². The van der Waals surface area contributed by atoms with E-state index in [-0.39, 0.29) is 18.4 Å². The third kappa shape index (κ3) is 5.45. The van der Waals surface area contributed by atoms with Crippen LogP contribution in [0.25, 0.3) is 0 Å². The van der Waals surface area contributed by atoms with Gasteiger partial charge in [-0.05, 0) is 24.6 Å². The van der Waals surface area contributed by atoms with Crippen LogP contribution in [0.4, 0.5) is 0 Å². The molecule has 0 saturated heterocycles. The molecule has 0 fully saturated rings. The number of benzene rings is 1. The SMILES string of the molecule is CCOC(=O)c1cnn(Cc2ccc(OCC(=O)C(C)(C)C)cc2)c1. The van der Waals surface area contributed by atoms with Crippen LogP contribution in [0.2, 0.25) is 0 Å². The van der Waals surface area contributed by atoms with E-state index in [4.69, 9.17) is 9.47 Å². The second-order valence-electron chi connectivity index (χ2n) is 6.75. The molecule has 0 spiro atoms. The summed E-state index contributed by atoms with van der Waals surface area (Å²) in [6, 6.07) is 7.45. The molecule has 0 amide bonds. The lowest BCUT2D eigenvalue weighted by Crippen LogP contribution is -2.26. The van der Waals surface area contributed by atoms with E-state index in [0.29, 0.717) is 24.5 Å². The number of hydrogen-bond acceptors (Lipinski definition) is 5. The summed E-state index contributed by atoms with van der Waals surface area (Å²) in [5.41, 5.74) is 1.03. The highest BCUT2D eigenvalue weighted by Gasteiger charge is 2.21. The fourth-order valence-electron chi connectivity index (χ4n) is 2.01. The van der Waals surface area contributed by atoms with Crippen molar-refractivity contribution < 1.29 is 19.1 Å². The molecule has 0 unspecified atom stereocenters. The highest BCUT2D eigenvalue weighted by molar-refractivity contribution is 5.88. The summed E-state index contributed by atoms with van der Waals surface area (Å²) >= 11 is 0. The summed E-state index contributed by atoms with van der Waals surface area (Å²) in [6.45, 7) is 8.30. The van der Waals surface area contributed by atoms with Crippen molar-refractivity contribution in [2.24, 2.45) is 5.41 Å². The first-order valence-electron chi connectivity index (χ1n) is 8.24. The Hall–Kier alpha value is -2.63. The maximum absolute atomic E-state index is 11.9. The first kappa shape index (κ1) is 18.7. The van der Waals surface area contributed by atoms with Gasteiger partial charge in [0.05, 0.1) is 24.9 Å². The van der Waals surface area contributed by atoms with E-state index in [1.807, 2.05) is 45.0 Å². The number of ketones is 1. The second-order valence-corrected chi connectivity index (χ2v) is 6.75. The van der Waals surface area contributed by atoms with Crippen LogP contribution in [0, 0.1) is 5.41 Å². The van der Waals surface area contributed by atoms with Gasteiger partial charge in [-0.2, -0.15) is 5.10 Å². The summed E-state index contributed by atoms with van der Waals surface area (Å²) < 4.78 is 12.1. The molecule has 0 atom stereocenters. The molecule has 0 saturated carbocycles. The number of nitrogens with zero attached hydrogens (tertiary/aromatic N) is 2. The largest absolute Gasteiger partial charge is 0.486 e. The van der Waals surface area contributed by atoms with Crippen molar-refractivity contribution in [1.29, 1.82) is 0 Å². The molecule has 1 aromatic carbocycles. The van der Waals surface area contributed by atoms with Crippen molar-refractivity contribution in [2.75, 3.05) is 13.2 Å². The Kier molecular flexibility index (Phi) is 5.96. The van der Waals surface area contributed by atoms with Crippen LogP contribution in [-0.4, -0.2) is 34.7 Å². The lowest BCUT2D eigenvalue weighted by atomic mass is 9.91. The first-order chi connectivity index (χ1) is 11.8. The van der Waals surface area contributed by atoms with Crippen LogP contribution in [0.3, 0.4) is 0 Å². The molecule has 0 aliphatic carbocycles. The van der Waals surface area contributed by atoms with Crippen molar-refractivity contribution in [3.63, 3.8) is 0 Å². The minimum Gasteiger partial charge on any atom is -0.486 e. The molecule has 0 N–H and O–H groups in total. The van der Waals surface area contributed by atoms with Gasteiger partial charge in [-0.25, -0.2) is 4.79 Å². The van der Waals surface area contributed by atoms with E-state index < -0.39 is 5.41 Å². The molecule has 0 aliphatic heterocycles. The van der Waals surface area contributed by atoms with Gasteiger partial charge in [0.25, 0.3) is 0 Å². The number of esters is 1. The molecule has 2 rings (SSSR count). The van der Waals surface area contributed by atoms with E-state index in [2.05, 4.69) is 5.10 Å². The number of ether oxygens (including phenoxy) is 2. The van der Waals surface area contributed by atoms with Crippen molar-refractivity contribution in [2.45, 2.75) is 34.2 Å². The zero-order valence-electron chi connectivity index (χ0n) is 15.1. The average Bonchev–Trinajstić information content (AvgIpc) is 3.02. The van der Waals surface area contributed by atoms with Crippen molar-refractivity contribution in [3.05, 3.63) is 47.8 Å². The van der Waals surface area contributed by atoms with Crippen LogP contribution in [0.15, 0.2) is 36.7 Å². The molecule has 6 nitrogen and oxygen atoms in total. The molecule has 25 heavy (non-hydrogen) atoms. The number of rotatable bonds is 7. The van der Waals surface area contributed by atoms with E-state index in [1.54, 1.807) is 17.8 Å². The molecule has 0 aliphatic rings. The molecular formula is C19H24N2O4.